The van der Waals surface area contributed by atoms with Crippen LogP contribution in [-0.4, -0.2) is 36.4 Å². The van der Waals surface area contributed by atoms with Gasteiger partial charge in [0.25, 0.3) is 0 Å². The van der Waals surface area contributed by atoms with Gasteiger partial charge in [-0.3, -0.25) is 9.59 Å². The number of rotatable bonds is 54. The first-order valence-electron chi connectivity index (χ1n) is 30.4. The monoisotopic (exact) mass is 1020 g/mol. The van der Waals surface area contributed by atoms with Gasteiger partial charge in [-0.05, 0) is 109 Å². The van der Waals surface area contributed by atoms with Gasteiger partial charge >= 0.3 is 11.9 Å². The molecular formula is C69H112O5. The molecule has 418 valence electrons. The summed E-state index contributed by atoms with van der Waals surface area (Å²) >= 11 is 0. The maximum Gasteiger partial charge on any atom is 0.306 e. The van der Waals surface area contributed by atoms with Crippen LogP contribution in [-0.2, 0) is 19.1 Å². The zero-order chi connectivity index (χ0) is 53.4. The summed E-state index contributed by atoms with van der Waals surface area (Å²) in [4.78, 5) is 24.5. The Balaban J connectivity index is 3.53. The molecule has 5 heteroatoms. The molecule has 0 rings (SSSR count). The van der Waals surface area contributed by atoms with Gasteiger partial charge in [0.2, 0.25) is 0 Å². The Morgan fingerprint density at radius 3 is 0.851 bits per heavy atom. The van der Waals surface area contributed by atoms with Gasteiger partial charge < -0.3 is 14.6 Å². The second-order valence-electron chi connectivity index (χ2n) is 19.7. The molecule has 0 bridgehead atoms. The van der Waals surface area contributed by atoms with Gasteiger partial charge in [-0.2, -0.15) is 0 Å². The van der Waals surface area contributed by atoms with Crippen LogP contribution in [0.3, 0.4) is 0 Å². The van der Waals surface area contributed by atoms with Crippen molar-refractivity contribution in [3.8, 4) is 0 Å². The SMILES string of the molecule is CC/C=C\C/C=C\C/C=C\C/C=C\C/C=C\C/C=C\C/C=C\CCCC(=O)OC(CO)COC(=O)CCCCCCCCCCCCCCCCCCCCCCC/C=C\C/C=C\C/C=C\C/C=C\C/C=C\CC. The number of aliphatic hydroxyl groups excluding tert-OH is 1. The van der Waals surface area contributed by atoms with Crippen molar-refractivity contribution in [3.05, 3.63) is 146 Å². The zero-order valence-electron chi connectivity index (χ0n) is 47.8. The molecule has 1 atom stereocenters. The Bertz CT molecular complexity index is 1580. The van der Waals surface area contributed by atoms with Gasteiger partial charge in [0.15, 0.2) is 6.10 Å². The van der Waals surface area contributed by atoms with E-state index in [9.17, 15) is 14.7 Å². The second-order valence-corrected chi connectivity index (χ2v) is 19.7. The van der Waals surface area contributed by atoms with E-state index in [1.54, 1.807) is 0 Å². The minimum Gasteiger partial charge on any atom is -0.462 e. The summed E-state index contributed by atoms with van der Waals surface area (Å²) in [6.07, 6.45) is 95.6. The lowest BCUT2D eigenvalue weighted by molar-refractivity contribution is -0.161. The Labute approximate surface area is 457 Å². The number of hydrogen-bond donors (Lipinski definition) is 1. The fourth-order valence-electron chi connectivity index (χ4n) is 8.16. The molecule has 0 radical (unpaired) electrons. The highest BCUT2D eigenvalue weighted by molar-refractivity contribution is 5.70. The van der Waals surface area contributed by atoms with E-state index in [-0.39, 0.29) is 31.6 Å². The van der Waals surface area contributed by atoms with Crippen molar-refractivity contribution in [2.45, 2.75) is 264 Å². The summed E-state index contributed by atoms with van der Waals surface area (Å²) in [5.74, 6) is -0.662. The normalized spacial score (nSPS) is 13.3. The van der Waals surface area contributed by atoms with E-state index in [0.717, 1.165) is 103 Å². The fourth-order valence-corrected chi connectivity index (χ4v) is 8.16. The van der Waals surface area contributed by atoms with E-state index < -0.39 is 6.10 Å². The third-order valence-electron chi connectivity index (χ3n) is 12.6. The van der Waals surface area contributed by atoms with Crippen molar-refractivity contribution >= 4 is 11.9 Å². The number of carbonyl (C=O) groups excluding carboxylic acids is 2. The van der Waals surface area contributed by atoms with Crippen LogP contribution in [0.5, 0.6) is 0 Å². The molecular weight excluding hydrogens is 909 g/mol. The molecule has 0 fully saturated rings. The van der Waals surface area contributed by atoms with E-state index in [1.165, 1.54) is 122 Å². The van der Waals surface area contributed by atoms with Crippen molar-refractivity contribution in [1.29, 1.82) is 0 Å². The van der Waals surface area contributed by atoms with Crippen LogP contribution < -0.4 is 0 Å². The number of ether oxygens (including phenoxy) is 2. The largest absolute Gasteiger partial charge is 0.462 e. The molecule has 5 nitrogen and oxygen atoms in total. The summed E-state index contributed by atoms with van der Waals surface area (Å²) in [5, 5.41) is 9.65. The molecule has 0 aromatic heterocycles. The van der Waals surface area contributed by atoms with Crippen LogP contribution in [0.4, 0.5) is 0 Å². The highest BCUT2D eigenvalue weighted by atomic mass is 16.6. The van der Waals surface area contributed by atoms with Crippen molar-refractivity contribution < 1.29 is 24.2 Å². The molecule has 1 unspecified atom stereocenters. The molecule has 1 N–H and O–H groups in total. The van der Waals surface area contributed by atoms with Gasteiger partial charge in [-0.1, -0.05) is 282 Å². The van der Waals surface area contributed by atoms with E-state index in [2.05, 4.69) is 160 Å². The lowest BCUT2D eigenvalue weighted by Crippen LogP contribution is -2.28. The second kappa shape index (κ2) is 63.1. The molecule has 0 aliphatic rings. The van der Waals surface area contributed by atoms with E-state index in [0.29, 0.717) is 12.8 Å². The van der Waals surface area contributed by atoms with Gasteiger partial charge in [-0.15, -0.1) is 0 Å². The first-order chi connectivity index (χ1) is 36.6. The highest BCUT2D eigenvalue weighted by Gasteiger charge is 2.16. The first-order valence-corrected chi connectivity index (χ1v) is 30.4. The van der Waals surface area contributed by atoms with Crippen LogP contribution in [0.2, 0.25) is 0 Å². The van der Waals surface area contributed by atoms with Gasteiger partial charge in [0.1, 0.15) is 6.61 Å². The molecule has 0 amide bonds. The Morgan fingerprint density at radius 2 is 0.554 bits per heavy atom. The van der Waals surface area contributed by atoms with Crippen LogP contribution >= 0.6 is 0 Å². The van der Waals surface area contributed by atoms with E-state index >= 15 is 0 Å². The first kappa shape index (κ1) is 69.8. The van der Waals surface area contributed by atoms with E-state index in [4.69, 9.17) is 9.47 Å². The quantitative estimate of drug-likeness (QED) is 0.0373. The minimum absolute atomic E-state index is 0.0953. The van der Waals surface area contributed by atoms with Crippen LogP contribution in [0.1, 0.15) is 258 Å². The Morgan fingerprint density at radius 1 is 0.311 bits per heavy atom. The number of carbonyl (C=O) groups is 2. The molecule has 0 saturated carbocycles. The molecule has 0 spiro atoms. The molecule has 74 heavy (non-hydrogen) atoms. The molecule has 0 aliphatic carbocycles. The van der Waals surface area contributed by atoms with Gasteiger partial charge in [-0.25, -0.2) is 0 Å². The number of hydrogen-bond acceptors (Lipinski definition) is 5. The number of esters is 2. The molecule has 0 aliphatic heterocycles. The highest BCUT2D eigenvalue weighted by Crippen LogP contribution is 2.16. The number of aliphatic hydroxyl groups is 1. The van der Waals surface area contributed by atoms with Crippen LogP contribution in [0.25, 0.3) is 0 Å². The van der Waals surface area contributed by atoms with Gasteiger partial charge in [0, 0.05) is 12.8 Å². The maximum atomic E-state index is 12.3. The van der Waals surface area contributed by atoms with Crippen LogP contribution in [0, 0.1) is 0 Å². The standard InChI is InChI=1S/C69H112O5/c1-3-5-7-9-11-13-15-17-19-21-23-25-27-28-29-30-31-32-33-34-35-36-37-38-39-40-42-43-45-47-49-51-53-55-57-59-61-63-68(71)73-66-67(65-70)74-69(72)64-62-60-58-56-54-52-50-48-46-44-41-26-24-22-20-18-16-14-12-10-8-6-4-2/h5-8,11-14,17-20,23-26,28-29,44,46,50,52,56,58,67,70H,3-4,9-10,15-16,21-22,27,30-43,45,47-49,51,53-55,57,59-66H2,1-2H3/b7-5-,8-6-,13-11-,14-12-,19-17-,20-18-,25-23-,26-24-,29-28-,46-44-,52-50-,58-56-. The Kier molecular flexibility index (Phi) is 59.5. The van der Waals surface area contributed by atoms with E-state index in [1.807, 2.05) is 0 Å². The predicted molar refractivity (Wildman–Crippen MR) is 324 cm³/mol. The molecule has 0 heterocycles. The zero-order valence-corrected chi connectivity index (χ0v) is 47.8. The molecule has 0 aromatic carbocycles. The molecule has 0 saturated heterocycles. The van der Waals surface area contributed by atoms with Crippen molar-refractivity contribution in [3.63, 3.8) is 0 Å². The summed E-state index contributed by atoms with van der Waals surface area (Å²) in [7, 11) is 0. The summed E-state index contributed by atoms with van der Waals surface area (Å²) in [5.41, 5.74) is 0. The lowest BCUT2D eigenvalue weighted by atomic mass is 10.0. The number of allylic oxidation sites excluding steroid dienone is 24. The fraction of sp³-hybridized carbons (Fsp3) is 0.623. The molecule has 0 aromatic rings. The van der Waals surface area contributed by atoms with Crippen LogP contribution in [0.15, 0.2) is 146 Å². The summed E-state index contributed by atoms with van der Waals surface area (Å²) < 4.78 is 10.7. The Hall–Kier alpha value is -4.22. The smallest absolute Gasteiger partial charge is 0.306 e. The lowest BCUT2D eigenvalue weighted by Gasteiger charge is -2.15. The number of unbranched alkanes of at least 4 members (excludes halogenated alkanes) is 22. The third-order valence-corrected chi connectivity index (χ3v) is 12.6. The van der Waals surface area contributed by atoms with Crippen molar-refractivity contribution in [2.24, 2.45) is 0 Å². The average Bonchev–Trinajstić information content (AvgIpc) is 3.40. The summed E-state index contributed by atoms with van der Waals surface area (Å²) in [6.45, 7) is 3.87. The average molecular weight is 1020 g/mol. The summed E-state index contributed by atoms with van der Waals surface area (Å²) in [6, 6.07) is 0. The topological polar surface area (TPSA) is 72.8 Å². The maximum absolute atomic E-state index is 12.3. The van der Waals surface area contributed by atoms with Crippen molar-refractivity contribution in [1.82, 2.24) is 0 Å². The third kappa shape index (κ3) is 60.3. The van der Waals surface area contributed by atoms with Crippen molar-refractivity contribution in [2.75, 3.05) is 13.2 Å². The minimum atomic E-state index is -0.812. The predicted octanol–water partition coefficient (Wildman–Crippen LogP) is 21.0. The van der Waals surface area contributed by atoms with Gasteiger partial charge in [0.05, 0.1) is 6.61 Å².